The lowest BCUT2D eigenvalue weighted by atomic mass is 10.0. The molecule has 2 rings (SSSR count). The Hall–Kier alpha value is -2.45. The monoisotopic (exact) mass is 332 g/mol. The summed E-state index contributed by atoms with van der Waals surface area (Å²) >= 11 is 0. The van der Waals surface area contributed by atoms with E-state index in [0.717, 1.165) is 0 Å². The first kappa shape index (κ1) is 17.9. The first-order chi connectivity index (χ1) is 11.0. The van der Waals surface area contributed by atoms with Crippen LogP contribution in [0.4, 0.5) is 11.4 Å². The molecule has 24 heavy (non-hydrogen) atoms. The Kier molecular flexibility index (Phi) is 4.91. The topological polar surface area (TPSA) is 122 Å². The lowest BCUT2D eigenvalue weighted by molar-refractivity contribution is -0.119. The highest BCUT2D eigenvalue weighted by atomic mass is 16.5. The second-order valence-electron chi connectivity index (χ2n) is 5.78. The van der Waals surface area contributed by atoms with Gasteiger partial charge in [0.05, 0.1) is 0 Å². The van der Waals surface area contributed by atoms with E-state index in [1.807, 2.05) is 0 Å². The zero-order valence-corrected chi connectivity index (χ0v) is 13.3. The molecule has 0 spiro atoms. The van der Waals surface area contributed by atoms with Crippen molar-refractivity contribution in [2.75, 3.05) is 10.6 Å². The average Bonchev–Trinajstić information content (AvgIpc) is 2.45. The zero-order chi connectivity index (χ0) is 18.0. The number of aliphatic hydroxyl groups is 4. The molecule has 0 fully saturated rings. The third kappa shape index (κ3) is 5.32. The van der Waals surface area contributed by atoms with Crippen LogP contribution in [0.25, 0.3) is 0 Å². The fourth-order valence-corrected chi connectivity index (χ4v) is 2.12. The summed E-state index contributed by atoms with van der Waals surface area (Å²) in [6.07, 6.45) is 0. The molecule has 0 radical (unpaired) electrons. The van der Waals surface area contributed by atoms with Crippen molar-refractivity contribution in [1.82, 2.24) is 0 Å². The summed E-state index contributed by atoms with van der Waals surface area (Å²) in [6.45, 7) is 2.37. The summed E-state index contributed by atoms with van der Waals surface area (Å²) in [5, 5.41) is 42.0. The third-order valence-electron chi connectivity index (χ3n) is 3.06. The Morgan fingerprint density at radius 2 is 1.00 bits per heavy atom. The molecule has 0 heterocycles. The van der Waals surface area contributed by atoms with Crippen LogP contribution >= 0.6 is 0 Å². The van der Waals surface area contributed by atoms with E-state index in [1.54, 1.807) is 48.5 Å². The molecular weight excluding hydrogens is 312 g/mol. The highest BCUT2D eigenvalue weighted by molar-refractivity contribution is 6.09. The van der Waals surface area contributed by atoms with E-state index in [-0.39, 0.29) is 5.78 Å². The van der Waals surface area contributed by atoms with Crippen molar-refractivity contribution in [3.8, 4) is 0 Å². The second kappa shape index (κ2) is 6.58. The number of hydrogen-bond acceptors (Lipinski definition) is 7. The van der Waals surface area contributed by atoms with Crippen molar-refractivity contribution in [3.63, 3.8) is 0 Å². The minimum absolute atomic E-state index is 0.209. The molecule has 0 bridgehead atoms. The highest BCUT2D eigenvalue weighted by Crippen LogP contribution is 2.18. The summed E-state index contributed by atoms with van der Waals surface area (Å²) < 4.78 is 0. The van der Waals surface area contributed by atoms with Gasteiger partial charge in [0.2, 0.25) is 11.8 Å². The van der Waals surface area contributed by atoms with Crippen LogP contribution in [0.5, 0.6) is 0 Å². The van der Waals surface area contributed by atoms with Crippen LogP contribution in [0.2, 0.25) is 0 Å². The first-order valence-electron chi connectivity index (χ1n) is 7.24. The van der Waals surface area contributed by atoms with Gasteiger partial charge in [-0.1, -0.05) is 0 Å². The number of carbonyl (C=O) groups is 1. The fourth-order valence-electron chi connectivity index (χ4n) is 2.12. The normalized spacial score (nSPS) is 11.9. The smallest absolute Gasteiger partial charge is 0.241 e. The molecule has 0 saturated carbocycles. The van der Waals surface area contributed by atoms with Crippen LogP contribution in [0.1, 0.15) is 29.8 Å². The van der Waals surface area contributed by atoms with Gasteiger partial charge in [-0.3, -0.25) is 4.79 Å². The predicted octanol–water partition coefficient (Wildman–Crippen LogP) is 1.06. The van der Waals surface area contributed by atoms with Gasteiger partial charge in [-0.15, -0.1) is 0 Å². The Bertz CT molecular complexity index is 636. The standard InChI is InChI=1S/C17H20N2O5/c1-16(21,22)18-13-7-3-11(4-8-13)15(20)12-5-9-14(10-6-12)19-17(2,23)24/h3-10,18-19,21-24H,1-2H3. The summed E-state index contributed by atoms with van der Waals surface area (Å²) in [6, 6.07) is 12.5. The quantitative estimate of drug-likeness (QED) is 0.345. The molecular formula is C17H20N2O5. The third-order valence-corrected chi connectivity index (χ3v) is 3.06. The lowest BCUT2D eigenvalue weighted by Crippen LogP contribution is -2.33. The molecule has 128 valence electrons. The van der Waals surface area contributed by atoms with Crippen molar-refractivity contribution >= 4 is 17.2 Å². The molecule has 0 atom stereocenters. The molecule has 0 aliphatic rings. The minimum atomic E-state index is -2.04. The molecule has 2 aromatic rings. The molecule has 0 aliphatic heterocycles. The first-order valence-corrected chi connectivity index (χ1v) is 7.24. The van der Waals surface area contributed by atoms with Crippen LogP contribution in [0.15, 0.2) is 48.5 Å². The number of rotatable bonds is 6. The minimum Gasteiger partial charge on any atom is -0.349 e. The van der Waals surface area contributed by atoms with Gasteiger partial charge in [0.25, 0.3) is 0 Å². The molecule has 0 aliphatic carbocycles. The van der Waals surface area contributed by atoms with Gasteiger partial charge < -0.3 is 31.1 Å². The van der Waals surface area contributed by atoms with Crippen LogP contribution in [0, 0.1) is 0 Å². The highest BCUT2D eigenvalue weighted by Gasteiger charge is 2.16. The van der Waals surface area contributed by atoms with E-state index in [0.29, 0.717) is 22.5 Å². The number of benzene rings is 2. The van der Waals surface area contributed by atoms with Crippen molar-refractivity contribution < 1.29 is 25.2 Å². The molecule has 0 amide bonds. The van der Waals surface area contributed by atoms with Crippen molar-refractivity contribution in [1.29, 1.82) is 0 Å². The van der Waals surface area contributed by atoms with Gasteiger partial charge in [0, 0.05) is 36.3 Å². The van der Waals surface area contributed by atoms with Gasteiger partial charge >= 0.3 is 0 Å². The van der Waals surface area contributed by atoms with Crippen LogP contribution in [-0.2, 0) is 0 Å². The van der Waals surface area contributed by atoms with E-state index < -0.39 is 11.8 Å². The lowest BCUT2D eigenvalue weighted by Gasteiger charge is -2.19. The van der Waals surface area contributed by atoms with E-state index in [1.165, 1.54) is 13.8 Å². The Morgan fingerprint density at radius 3 is 1.25 bits per heavy atom. The fraction of sp³-hybridized carbons (Fsp3) is 0.235. The average molecular weight is 332 g/mol. The second-order valence-corrected chi connectivity index (χ2v) is 5.78. The van der Waals surface area contributed by atoms with Crippen molar-refractivity contribution in [2.45, 2.75) is 25.7 Å². The summed E-state index contributed by atoms with van der Waals surface area (Å²) in [4.78, 5) is 12.4. The summed E-state index contributed by atoms with van der Waals surface area (Å²) in [5.41, 5.74) is 1.80. The van der Waals surface area contributed by atoms with Crippen LogP contribution in [0.3, 0.4) is 0 Å². The zero-order valence-electron chi connectivity index (χ0n) is 13.3. The maximum Gasteiger partial charge on any atom is 0.241 e. The van der Waals surface area contributed by atoms with Crippen molar-refractivity contribution in [3.05, 3.63) is 59.7 Å². The predicted molar refractivity (Wildman–Crippen MR) is 89.2 cm³/mol. The molecule has 0 saturated heterocycles. The SMILES string of the molecule is CC(O)(O)Nc1ccc(C(=O)c2ccc(NC(C)(O)O)cc2)cc1. The summed E-state index contributed by atoms with van der Waals surface area (Å²) in [7, 11) is 0. The van der Waals surface area contributed by atoms with Crippen molar-refractivity contribution in [2.24, 2.45) is 0 Å². The van der Waals surface area contributed by atoms with Gasteiger partial charge in [-0.05, 0) is 48.5 Å². The summed E-state index contributed by atoms with van der Waals surface area (Å²) in [5.74, 6) is -4.29. The number of hydrogen-bond donors (Lipinski definition) is 6. The molecule has 0 aromatic heterocycles. The van der Waals surface area contributed by atoms with Gasteiger partial charge in [0.1, 0.15) is 0 Å². The van der Waals surface area contributed by atoms with Crippen LogP contribution in [-0.4, -0.2) is 38.0 Å². The van der Waals surface area contributed by atoms with E-state index in [9.17, 15) is 25.2 Å². The molecule has 6 N–H and O–H groups in total. The number of anilines is 2. The van der Waals surface area contributed by atoms with E-state index in [4.69, 9.17) is 0 Å². The van der Waals surface area contributed by atoms with Gasteiger partial charge in [-0.2, -0.15) is 0 Å². The largest absolute Gasteiger partial charge is 0.349 e. The molecule has 7 nitrogen and oxygen atoms in total. The number of ketones is 1. The van der Waals surface area contributed by atoms with Crippen LogP contribution < -0.4 is 10.6 Å². The Morgan fingerprint density at radius 1 is 0.708 bits per heavy atom. The van der Waals surface area contributed by atoms with Gasteiger partial charge in [-0.25, -0.2) is 0 Å². The van der Waals surface area contributed by atoms with E-state index >= 15 is 0 Å². The molecule has 7 heteroatoms. The molecule has 2 aromatic carbocycles. The maximum atomic E-state index is 12.4. The number of carbonyl (C=O) groups excluding carboxylic acids is 1. The Balaban J connectivity index is 2.11. The van der Waals surface area contributed by atoms with E-state index in [2.05, 4.69) is 10.6 Å². The molecule has 0 unspecified atom stereocenters. The van der Waals surface area contributed by atoms with Gasteiger partial charge in [0.15, 0.2) is 5.78 Å². The maximum absolute atomic E-state index is 12.4. The Labute approximate surface area is 139 Å². The number of nitrogens with one attached hydrogen (secondary N) is 2.